The molecule has 0 aliphatic heterocycles. The highest BCUT2D eigenvalue weighted by Crippen LogP contribution is 2.32. The van der Waals surface area contributed by atoms with Gasteiger partial charge in [0.1, 0.15) is 54.9 Å². The van der Waals surface area contributed by atoms with E-state index in [-0.39, 0.29) is 44.4 Å². The van der Waals surface area contributed by atoms with Crippen LogP contribution in [0.15, 0.2) is 18.2 Å². The molecule has 1 aromatic heterocycles. The summed E-state index contributed by atoms with van der Waals surface area (Å²) in [4.78, 5) is 0. The molecular formula is C18H9B7N4. The average molecular weight is 357 g/mol. The fourth-order valence-electron chi connectivity index (χ4n) is 3.76. The summed E-state index contributed by atoms with van der Waals surface area (Å²) in [5, 5.41) is 1.04. The highest BCUT2D eigenvalue weighted by atomic mass is 15.0. The van der Waals surface area contributed by atoms with E-state index in [1.54, 1.807) is 16.7 Å². The molecule has 11 heteroatoms. The van der Waals surface area contributed by atoms with E-state index in [9.17, 15) is 0 Å². The number of benzene rings is 3. The van der Waals surface area contributed by atoms with E-state index in [2.05, 4.69) is 0 Å². The SMILES string of the molecule is [B]c1c(N)cc(N)c(-n2c3c([B])ccc([B])c3c3c(N)c([B])c([B])c([B])c32)c1[B]. The monoisotopic (exact) mass is 358 g/mol. The molecule has 0 atom stereocenters. The first-order valence-electron chi connectivity index (χ1n) is 8.55. The molecule has 0 saturated carbocycles. The summed E-state index contributed by atoms with van der Waals surface area (Å²) < 4.78 is 1.65. The topological polar surface area (TPSA) is 83.0 Å². The summed E-state index contributed by atoms with van der Waals surface area (Å²) >= 11 is 0. The van der Waals surface area contributed by atoms with Gasteiger partial charge in [-0.15, -0.1) is 5.46 Å². The number of nitrogens with two attached hydrogens (primary N) is 3. The van der Waals surface area contributed by atoms with Crippen LogP contribution < -0.4 is 55.4 Å². The zero-order valence-electron chi connectivity index (χ0n) is 15.5. The molecule has 29 heavy (non-hydrogen) atoms. The van der Waals surface area contributed by atoms with E-state index in [0.29, 0.717) is 38.4 Å². The van der Waals surface area contributed by atoms with Gasteiger partial charge in [0, 0.05) is 33.2 Å². The zero-order chi connectivity index (χ0) is 21.4. The molecule has 0 aliphatic carbocycles. The smallest absolute Gasteiger partial charge is 0.116 e. The van der Waals surface area contributed by atoms with Gasteiger partial charge in [-0.2, -0.15) is 0 Å². The Morgan fingerprint density at radius 3 is 1.86 bits per heavy atom. The Bertz CT molecular complexity index is 1360. The highest BCUT2D eigenvalue weighted by molar-refractivity contribution is 6.63. The van der Waals surface area contributed by atoms with Crippen LogP contribution in [0.5, 0.6) is 0 Å². The first-order valence-corrected chi connectivity index (χ1v) is 8.55. The Hall–Kier alpha value is -2.69. The van der Waals surface area contributed by atoms with Gasteiger partial charge in [0.25, 0.3) is 0 Å². The number of hydrogen-bond donors (Lipinski definition) is 3. The first-order chi connectivity index (χ1) is 13.6. The van der Waals surface area contributed by atoms with Crippen molar-refractivity contribution >= 4 is 132 Å². The van der Waals surface area contributed by atoms with Crippen LogP contribution in [0.25, 0.3) is 27.5 Å². The largest absolute Gasteiger partial charge is 0.399 e. The second-order valence-corrected chi connectivity index (χ2v) is 6.91. The van der Waals surface area contributed by atoms with Gasteiger partial charge >= 0.3 is 0 Å². The van der Waals surface area contributed by atoms with Gasteiger partial charge in [-0.1, -0.05) is 44.9 Å². The minimum absolute atomic E-state index is 0.122. The Balaban J connectivity index is 2.43. The molecule has 0 saturated heterocycles. The van der Waals surface area contributed by atoms with Gasteiger partial charge in [0.15, 0.2) is 0 Å². The van der Waals surface area contributed by atoms with Gasteiger partial charge in [-0.3, -0.25) is 0 Å². The van der Waals surface area contributed by atoms with Crippen molar-refractivity contribution in [3.63, 3.8) is 0 Å². The average Bonchev–Trinajstić information content (AvgIpc) is 3.03. The van der Waals surface area contributed by atoms with Crippen molar-refractivity contribution in [2.24, 2.45) is 0 Å². The van der Waals surface area contributed by atoms with Gasteiger partial charge in [0.2, 0.25) is 0 Å². The third-order valence-electron chi connectivity index (χ3n) is 5.23. The van der Waals surface area contributed by atoms with Crippen LogP contribution in [0.1, 0.15) is 0 Å². The molecule has 3 aromatic carbocycles. The van der Waals surface area contributed by atoms with E-state index in [0.717, 1.165) is 0 Å². The fraction of sp³-hybridized carbons (Fsp3) is 0. The van der Waals surface area contributed by atoms with Crippen LogP contribution in [-0.4, -0.2) is 59.5 Å². The Morgan fingerprint density at radius 2 is 1.21 bits per heavy atom. The number of rotatable bonds is 1. The minimum atomic E-state index is 0.122. The van der Waals surface area contributed by atoms with Gasteiger partial charge in [0.05, 0.1) is 11.4 Å². The van der Waals surface area contributed by atoms with Crippen LogP contribution >= 0.6 is 0 Å². The van der Waals surface area contributed by atoms with Crippen molar-refractivity contribution in [1.29, 1.82) is 0 Å². The molecular weight excluding hydrogens is 348 g/mol. The number of hydrogen-bond acceptors (Lipinski definition) is 3. The van der Waals surface area contributed by atoms with Crippen molar-refractivity contribution in [3.8, 4) is 5.69 Å². The van der Waals surface area contributed by atoms with Crippen LogP contribution in [0.2, 0.25) is 0 Å². The Morgan fingerprint density at radius 1 is 0.586 bits per heavy atom. The standard InChI is InChI=1S/C18H9B7N4/c19-4-1-2-5(20)16-8(4)9-15(28)12(23)11(22)14(25)18(9)29(16)17-7(27)3-6(26)10(21)13(17)24/h1-3H,26-28H2. The van der Waals surface area contributed by atoms with Crippen LogP contribution in [0, 0.1) is 0 Å². The fourth-order valence-corrected chi connectivity index (χ4v) is 3.76. The van der Waals surface area contributed by atoms with E-state index in [4.69, 9.17) is 72.1 Å². The highest BCUT2D eigenvalue weighted by Gasteiger charge is 2.23. The number of anilines is 3. The molecule has 6 N–H and O–H groups in total. The third kappa shape index (κ3) is 2.49. The van der Waals surface area contributed by atoms with Crippen LogP contribution in [0.4, 0.5) is 17.1 Å². The van der Waals surface area contributed by atoms with Gasteiger partial charge in [-0.05, 0) is 6.07 Å². The molecule has 14 radical (unpaired) electrons. The molecule has 0 aliphatic rings. The van der Waals surface area contributed by atoms with Crippen LogP contribution in [0.3, 0.4) is 0 Å². The molecule has 4 aromatic rings. The Kier molecular flexibility index (Phi) is 4.34. The summed E-state index contributed by atoms with van der Waals surface area (Å²) in [6, 6.07) is 4.81. The molecule has 122 valence electrons. The second-order valence-electron chi connectivity index (χ2n) is 6.91. The first kappa shape index (κ1) is 19.6. The summed E-state index contributed by atoms with van der Waals surface area (Å²) in [6.45, 7) is 0. The maximum Gasteiger partial charge on any atom is 0.116 e. The molecule has 4 nitrogen and oxygen atoms in total. The van der Waals surface area contributed by atoms with Crippen LogP contribution in [-0.2, 0) is 0 Å². The lowest BCUT2D eigenvalue weighted by atomic mass is 9.70. The lowest BCUT2D eigenvalue weighted by Gasteiger charge is -2.21. The third-order valence-corrected chi connectivity index (χ3v) is 5.23. The lowest BCUT2D eigenvalue weighted by molar-refractivity contribution is 1.21. The van der Waals surface area contributed by atoms with E-state index in [1.807, 2.05) is 0 Å². The quantitative estimate of drug-likeness (QED) is 0.236. The number of nitrogens with zero attached hydrogens (tertiary/aromatic N) is 1. The molecule has 0 bridgehead atoms. The van der Waals surface area contributed by atoms with E-state index >= 15 is 0 Å². The number of aromatic nitrogens is 1. The maximum atomic E-state index is 6.36. The molecule has 0 unspecified atom stereocenters. The molecule has 0 fully saturated rings. The molecule has 0 amide bonds. The molecule has 1 heterocycles. The van der Waals surface area contributed by atoms with Gasteiger partial charge in [-0.25, -0.2) is 0 Å². The molecule has 0 spiro atoms. The van der Waals surface area contributed by atoms with E-state index < -0.39 is 0 Å². The summed E-state index contributed by atoms with van der Waals surface area (Å²) in [5.74, 6) is 0. The van der Waals surface area contributed by atoms with Crippen molar-refractivity contribution in [1.82, 2.24) is 4.57 Å². The maximum absolute atomic E-state index is 6.36. The number of fused-ring (bicyclic) bond motifs is 3. The predicted molar refractivity (Wildman–Crippen MR) is 132 cm³/mol. The van der Waals surface area contributed by atoms with Crippen molar-refractivity contribution < 1.29 is 0 Å². The van der Waals surface area contributed by atoms with E-state index in [1.165, 1.54) is 6.07 Å². The summed E-state index contributed by atoms with van der Waals surface area (Å²) in [5.41, 5.74) is 22.0. The normalized spacial score (nSPS) is 11.4. The molecule has 4 rings (SSSR count). The zero-order valence-corrected chi connectivity index (χ0v) is 15.5. The lowest BCUT2D eigenvalue weighted by Crippen LogP contribution is -2.42. The predicted octanol–water partition coefficient (Wildman–Crippen LogP) is -4.91. The van der Waals surface area contributed by atoms with Gasteiger partial charge < -0.3 is 21.8 Å². The second kappa shape index (κ2) is 6.41. The van der Waals surface area contributed by atoms with Crippen molar-refractivity contribution in [3.05, 3.63) is 18.2 Å². The summed E-state index contributed by atoms with van der Waals surface area (Å²) in [7, 11) is 43.5. The summed E-state index contributed by atoms with van der Waals surface area (Å²) in [6.07, 6.45) is 0. The Labute approximate surface area is 177 Å². The minimum Gasteiger partial charge on any atom is -0.399 e. The van der Waals surface area contributed by atoms with Crippen molar-refractivity contribution in [2.75, 3.05) is 17.2 Å². The van der Waals surface area contributed by atoms with Crippen molar-refractivity contribution in [2.45, 2.75) is 0 Å². The number of nitrogen functional groups attached to an aromatic ring is 3.